The number of esters is 1. The molecule has 6 nitrogen and oxygen atoms in total. The number of hydrogen-bond acceptors (Lipinski definition) is 4. The first-order valence-corrected chi connectivity index (χ1v) is 14.6. The van der Waals surface area contributed by atoms with Gasteiger partial charge in [-0.3, -0.25) is 9.36 Å². The lowest BCUT2D eigenvalue weighted by Gasteiger charge is -2.41. The van der Waals surface area contributed by atoms with E-state index in [-0.39, 0.29) is 11.4 Å². The molecule has 0 atom stereocenters. The van der Waals surface area contributed by atoms with Gasteiger partial charge in [0.2, 0.25) is 0 Å². The van der Waals surface area contributed by atoms with E-state index in [2.05, 4.69) is 10.3 Å². The normalized spacial score (nSPS) is 14.9. The van der Waals surface area contributed by atoms with Gasteiger partial charge in [-0.1, -0.05) is 46.9 Å². The second-order valence-electron chi connectivity index (χ2n) is 11.5. The Kier molecular flexibility index (Phi) is 7.90. The predicted molar refractivity (Wildman–Crippen MR) is 167 cm³/mol. The van der Waals surface area contributed by atoms with Gasteiger partial charge in [-0.25, -0.2) is 4.79 Å². The van der Waals surface area contributed by atoms with Gasteiger partial charge < -0.3 is 15.0 Å². The molecular formula is C32H32Cl3N3O3. The zero-order chi connectivity index (χ0) is 29.7. The van der Waals surface area contributed by atoms with Crippen LogP contribution in [0.5, 0.6) is 0 Å². The summed E-state index contributed by atoms with van der Waals surface area (Å²) in [6.07, 6.45) is 9.59. The maximum absolute atomic E-state index is 14.6. The molecule has 4 aromatic rings. The molecule has 2 aromatic heterocycles. The number of carbonyl (C=O) groups is 2. The molecule has 0 bridgehead atoms. The number of aryl methyl sites for hydroxylation is 1. The fourth-order valence-corrected chi connectivity index (χ4v) is 6.63. The number of rotatable bonds is 6. The van der Waals surface area contributed by atoms with Gasteiger partial charge >= 0.3 is 5.97 Å². The Hall–Kier alpha value is -3.03. The summed E-state index contributed by atoms with van der Waals surface area (Å²) in [6, 6.07) is 8.93. The quantitative estimate of drug-likeness (QED) is 0.169. The highest BCUT2D eigenvalue weighted by Crippen LogP contribution is 2.47. The zero-order valence-electron chi connectivity index (χ0n) is 23.6. The minimum Gasteiger partial charge on any atom is -0.457 e. The SMILES string of the molecule is CNC1(c2[nH]cc(-c3c(Cl)cc(Cl)cc3Cl)c2C(=O)n2cc(C)c3c(/C=C/C(=O)OC(C)(C)C)cccc32)CCC1. The number of H-pyrrole nitrogens is 1. The molecule has 0 unspecified atom stereocenters. The third kappa shape index (κ3) is 5.46. The largest absolute Gasteiger partial charge is 0.457 e. The molecule has 1 aliphatic carbocycles. The third-order valence-electron chi connectivity index (χ3n) is 7.61. The molecule has 2 aromatic carbocycles. The molecule has 41 heavy (non-hydrogen) atoms. The van der Waals surface area contributed by atoms with Crippen molar-refractivity contribution in [2.75, 3.05) is 7.05 Å². The first-order valence-electron chi connectivity index (χ1n) is 13.5. The molecule has 0 saturated heterocycles. The number of halogens is 3. The molecule has 0 spiro atoms. The van der Waals surface area contributed by atoms with E-state index < -0.39 is 11.6 Å². The average Bonchev–Trinajstić information content (AvgIpc) is 3.43. The maximum atomic E-state index is 14.6. The van der Waals surface area contributed by atoms with Gasteiger partial charge in [0.1, 0.15) is 5.60 Å². The Morgan fingerprint density at radius 3 is 2.39 bits per heavy atom. The van der Waals surface area contributed by atoms with E-state index >= 15 is 0 Å². The van der Waals surface area contributed by atoms with Crippen LogP contribution in [-0.4, -0.2) is 34.1 Å². The summed E-state index contributed by atoms with van der Waals surface area (Å²) in [5.74, 6) is -0.648. The molecule has 0 aliphatic heterocycles. The lowest BCUT2D eigenvalue weighted by Crippen LogP contribution is -2.47. The molecule has 5 rings (SSSR count). The number of nitrogens with one attached hydrogen (secondary N) is 2. The Balaban J connectivity index is 1.66. The second-order valence-corrected chi connectivity index (χ2v) is 12.7. The van der Waals surface area contributed by atoms with Crippen LogP contribution in [0.15, 0.2) is 48.8 Å². The van der Waals surface area contributed by atoms with Gasteiger partial charge in [-0.05, 0) is 89.4 Å². The monoisotopic (exact) mass is 611 g/mol. The summed E-state index contributed by atoms with van der Waals surface area (Å²) in [4.78, 5) is 30.3. The van der Waals surface area contributed by atoms with Crippen LogP contribution >= 0.6 is 34.8 Å². The minimum atomic E-state index is -0.591. The van der Waals surface area contributed by atoms with Gasteiger partial charge in [0.15, 0.2) is 0 Å². The highest BCUT2D eigenvalue weighted by Gasteiger charge is 2.42. The van der Waals surface area contributed by atoms with Crippen molar-refractivity contribution in [2.45, 2.75) is 58.1 Å². The van der Waals surface area contributed by atoms with Crippen molar-refractivity contribution in [2.24, 2.45) is 0 Å². The molecule has 1 saturated carbocycles. The Bertz CT molecular complexity index is 1680. The van der Waals surface area contributed by atoms with Crippen molar-refractivity contribution in [3.63, 3.8) is 0 Å². The van der Waals surface area contributed by atoms with E-state index in [1.807, 2.05) is 59.1 Å². The Morgan fingerprint density at radius 2 is 1.80 bits per heavy atom. The van der Waals surface area contributed by atoms with Gasteiger partial charge in [0.05, 0.1) is 26.7 Å². The highest BCUT2D eigenvalue weighted by molar-refractivity contribution is 6.42. The predicted octanol–water partition coefficient (Wildman–Crippen LogP) is 8.55. The average molecular weight is 613 g/mol. The number of ether oxygens (including phenoxy) is 1. The summed E-state index contributed by atoms with van der Waals surface area (Å²) in [5, 5.41) is 5.44. The number of aromatic nitrogens is 2. The molecule has 9 heteroatoms. The standard InChI is InChI=1S/C32H32Cl3N3O3/c1-18-17-38(24-9-6-8-19(26(18)24)10-11-25(39)41-31(2,3)4)30(40)28-21(27-22(34)14-20(33)15-23(27)35)16-37-29(28)32(36-5)12-7-13-32/h6,8-11,14-17,36-37H,7,12-13H2,1-5H3/b11-10+. The van der Waals surface area contributed by atoms with E-state index in [1.54, 1.807) is 29.0 Å². The van der Waals surface area contributed by atoms with Crippen LogP contribution < -0.4 is 5.32 Å². The van der Waals surface area contributed by atoms with Gasteiger partial charge in [0, 0.05) is 45.7 Å². The Labute approximate surface area is 254 Å². The van der Waals surface area contributed by atoms with Crippen molar-refractivity contribution >= 4 is 63.7 Å². The second kappa shape index (κ2) is 11.0. The number of hydrogen-bond donors (Lipinski definition) is 2. The molecule has 0 amide bonds. The first kappa shape index (κ1) is 29.5. The van der Waals surface area contributed by atoms with Crippen LogP contribution in [-0.2, 0) is 15.1 Å². The smallest absolute Gasteiger partial charge is 0.331 e. The van der Waals surface area contributed by atoms with Crippen molar-refractivity contribution in [1.29, 1.82) is 0 Å². The number of nitrogens with zero attached hydrogens (tertiary/aromatic N) is 1. The van der Waals surface area contributed by atoms with Crippen molar-refractivity contribution in [3.05, 3.63) is 86.3 Å². The van der Waals surface area contributed by atoms with Gasteiger partial charge in [-0.2, -0.15) is 0 Å². The fraction of sp³-hybridized carbons (Fsp3) is 0.312. The lowest BCUT2D eigenvalue weighted by molar-refractivity contribution is -0.148. The lowest BCUT2D eigenvalue weighted by atomic mass is 9.73. The topological polar surface area (TPSA) is 76.1 Å². The summed E-state index contributed by atoms with van der Waals surface area (Å²) in [7, 11) is 1.91. The number of aromatic amines is 1. The molecular weight excluding hydrogens is 581 g/mol. The summed E-state index contributed by atoms with van der Waals surface area (Å²) in [5.41, 5.74) is 3.91. The fourth-order valence-electron chi connectivity index (χ4n) is 5.61. The van der Waals surface area contributed by atoms with Crippen LogP contribution in [0.1, 0.15) is 67.2 Å². The first-order chi connectivity index (χ1) is 19.3. The molecule has 2 N–H and O–H groups in total. The van der Waals surface area contributed by atoms with Crippen molar-refractivity contribution < 1.29 is 14.3 Å². The summed E-state index contributed by atoms with van der Waals surface area (Å²) >= 11 is 19.5. The van der Waals surface area contributed by atoms with Crippen LogP contribution in [0.25, 0.3) is 28.1 Å². The van der Waals surface area contributed by atoms with E-state index in [0.717, 1.165) is 47.0 Å². The number of benzene rings is 2. The highest BCUT2D eigenvalue weighted by atomic mass is 35.5. The van der Waals surface area contributed by atoms with E-state index in [9.17, 15) is 9.59 Å². The number of carbonyl (C=O) groups excluding carboxylic acids is 2. The molecule has 1 aliphatic rings. The molecule has 1 fully saturated rings. The van der Waals surface area contributed by atoms with E-state index in [0.29, 0.717) is 31.8 Å². The van der Waals surface area contributed by atoms with Crippen LogP contribution in [0, 0.1) is 6.92 Å². The van der Waals surface area contributed by atoms with E-state index in [1.165, 1.54) is 6.08 Å². The summed E-state index contributed by atoms with van der Waals surface area (Å²) in [6.45, 7) is 7.42. The van der Waals surface area contributed by atoms with Crippen LogP contribution in [0.4, 0.5) is 0 Å². The molecule has 2 heterocycles. The number of fused-ring (bicyclic) bond motifs is 1. The van der Waals surface area contributed by atoms with Gasteiger partial charge in [0.25, 0.3) is 5.91 Å². The Morgan fingerprint density at radius 1 is 1.12 bits per heavy atom. The van der Waals surface area contributed by atoms with Crippen molar-refractivity contribution in [1.82, 2.24) is 14.9 Å². The summed E-state index contributed by atoms with van der Waals surface area (Å²) < 4.78 is 7.08. The van der Waals surface area contributed by atoms with Crippen LogP contribution in [0.3, 0.4) is 0 Å². The van der Waals surface area contributed by atoms with Crippen molar-refractivity contribution in [3.8, 4) is 11.1 Å². The zero-order valence-corrected chi connectivity index (χ0v) is 25.9. The third-order valence-corrected chi connectivity index (χ3v) is 8.42. The van der Waals surface area contributed by atoms with Crippen LogP contribution in [0.2, 0.25) is 15.1 Å². The minimum absolute atomic E-state index is 0.216. The molecule has 0 radical (unpaired) electrons. The van der Waals surface area contributed by atoms with Gasteiger partial charge in [-0.15, -0.1) is 0 Å². The van der Waals surface area contributed by atoms with E-state index in [4.69, 9.17) is 39.5 Å². The maximum Gasteiger partial charge on any atom is 0.331 e. The molecule has 214 valence electrons.